The molecule has 1 fully saturated rings. The van der Waals surface area contributed by atoms with Crippen molar-refractivity contribution in [3.05, 3.63) is 83.1 Å². The zero-order valence-electron chi connectivity index (χ0n) is 17.4. The number of β-lactam (4-membered cyclic amide) rings is 1. The number of hydroxylamine groups is 2. The summed E-state index contributed by atoms with van der Waals surface area (Å²) in [6.07, 6.45) is 0.107. The molecule has 9 nitrogen and oxygen atoms in total. The number of fused-ring (bicyclic) bond motifs is 1. The topological polar surface area (TPSA) is 127 Å². The Balaban J connectivity index is 1.45. The third kappa shape index (κ3) is 4.62. The van der Waals surface area contributed by atoms with Crippen LogP contribution in [0.1, 0.15) is 15.9 Å². The second-order valence-corrected chi connectivity index (χ2v) is 8.71. The van der Waals surface area contributed by atoms with Gasteiger partial charge in [-0.1, -0.05) is 48.5 Å². The Hall–Kier alpha value is -3.63. The van der Waals surface area contributed by atoms with Gasteiger partial charge in [0.05, 0.1) is 13.0 Å². The monoisotopic (exact) mass is 467 g/mol. The molecule has 2 heterocycles. The molecule has 1 saturated heterocycles. The van der Waals surface area contributed by atoms with Gasteiger partial charge in [-0.05, 0) is 23.3 Å². The van der Waals surface area contributed by atoms with E-state index in [0.29, 0.717) is 5.06 Å². The molecule has 2 aliphatic heterocycles. The maximum absolute atomic E-state index is 12.7. The fourth-order valence-corrected chi connectivity index (χ4v) is 5.13. The molecule has 0 aliphatic carbocycles. The quantitative estimate of drug-likeness (QED) is 0.320. The standard InChI is InChI=1S/C23H21N3O6S/c27-17(11-14-7-3-1-4-8-14)24-18-21(29)26-19(23(30)31)16(13-33-22(18)26)12-25(32)20(28)15-9-5-2-6-10-15/h1-10,18,22,32H,11-13H2,(H,24,27)(H,30,31)/t18-,22-/m1/s1. The molecule has 2 aliphatic rings. The highest BCUT2D eigenvalue weighted by atomic mass is 32.2. The molecule has 0 spiro atoms. The average Bonchev–Trinajstić information content (AvgIpc) is 2.82. The van der Waals surface area contributed by atoms with Crippen LogP contribution in [0.25, 0.3) is 0 Å². The number of aliphatic carboxylic acids is 1. The SMILES string of the molecule is O=C(Cc1ccccc1)N[C@@H]1C(=O)N2C(C(=O)O)=C(CN(O)C(=O)c3ccccc3)CS[C@H]12. The molecular formula is C23H21N3O6S. The number of carboxylic acid groups (broad SMARTS) is 1. The lowest BCUT2D eigenvalue weighted by Crippen LogP contribution is -2.70. The van der Waals surface area contributed by atoms with Crippen molar-refractivity contribution in [2.24, 2.45) is 0 Å². The third-order valence-corrected chi connectivity index (χ3v) is 6.71. The number of benzene rings is 2. The maximum atomic E-state index is 12.7. The molecule has 0 saturated carbocycles. The summed E-state index contributed by atoms with van der Waals surface area (Å²) in [5, 5.41) is 22.6. The van der Waals surface area contributed by atoms with Gasteiger partial charge in [0.2, 0.25) is 5.91 Å². The van der Waals surface area contributed by atoms with Crippen LogP contribution in [0.5, 0.6) is 0 Å². The van der Waals surface area contributed by atoms with Gasteiger partial charge in [-0.3, -0.25) is 24.5 Å². The van der Waals surface area contributed by atoms with Crippen molar-refractivity contribution in [2.75, 3.05) is 12.3 Å². The van der Waals surface area contributed by atoms with Gasteiger partial charge in [0.1, 0.15) is 17.1 Å². The first-order valence-electron chi connectivity index (χ1n) is 10.2. The largest absolute Gasteiger partial charge is 0.477 e. The lowest BCUT2D eigenvalue weighted by atomic mass is 10.0. The van der Waals surface area contributed by atoms with Crippen molar-refractivity contribution in [3.63, 3.8) is 0 Å². The number of hydrogen-bond acceptors (Lipinski definition) is 6. The highest BCUT2D eigenvalue weighted by Crippen LogP contribution is 2.40. The van der Waals surface area contributed by atoms with Crippen molar-refractivity contribution in [3.8, 4) is 0 Å². The molecule has 2 aromatic rings. The van der Waals surface area contributed by atoms with Crippen LogP contribution < -0.4 is 5.32 Å². The Morgan fingerprint density at radius 2 is 1.70 bits per heavy atom. The minimum absolute atomic E-state index is 0.107. The summed E-state index contributed by atoms with van der Waals surface area (Å²) in [5.41, 5.74) is 1.02. The van der Waals surface area contributed by atoms with Crippen LogP contribution in [-0.2, 0) is 20.8 Å². The van der Waals surface area contributed by atoms with E-state index in [9.17, 15) is 29.5 Å². The highest BCUT2D eigenvalue weighted by molar-refractivity contribution is 8.00. The predicted molar refractivity (Wildman–Crippen MR) is 119 cm³/mol. The lowest BCUT2D eigenvalue weighted by molar-refractivity contribution is -0.150. The molecule has 10 heteroatoms. The van der Waals surface area contributed by atoms with E-state index in [2.05, 4.69) is 5.32 Å². The minimum atomic E-state index is -1.33. The van der Waals surface area contributed by atoms with Crippen LogP contribution in [0.3, 0.4) is 0 Å². The van der Waals surface area contributed by atoms with E-state index in [1.54, 1.807) is 30.3 Å². The van der Waals surface area contributed by atoms with Crippen molar-refractivity contribution in [1.82, 2.24) is 15.3 Å². The van der Waals surface area contributed by atoms with E-state index in [-0.39, 0.29) is 41.5 Å². The van der Waals surface area contributed by atoms with Crippen LogP contribution in [0.4, 0.5) is 0 Å². The summed E-state index contributed by atoms with van der Waals surface area (Å²) in [6, 6.07) is 16.3. The van der Waals surface area contributed by atoms with E-state index < -0.39 is 29.2 Å². The van der Waals surface area contributed by atoms with Crippen LogP contribution >= 0.6 is 11.8 Å². The summed E-state index contributed by atoms with van der Waals surface area (Å²) in [5.74, 6) is -2.71. The number of carboxylic acids is 1. The smallest absolute Gasteiger partial charge is 0.352 e. The first-order valence-corrected chi connectivity index (χ1v) is 11.2. The zero-order valence-corrected chi connectivity index (χ0v) is 18.2. The fraction of sp³-hybridized carbons (Fsp3) is 0.217. The molecule has 2 atom stereocenters. The van der Waals surface area contributed by atoms with E-state index in [1.165, 1.54) is 23.9 Å². The summed E-state index contributed by atoms with van der Waals surface area (Å²) in [6.45, 7) is -0.357. The van der Waals surface area contributed by atoms with Gasteiger partial charge in [-0.2, -0.15) is 0 Å². The Morgan fingerprint density at radius 1 is 1.06 bits per heavy atom. The highest BCUT2D eigenvalue weighted by Gasteiger charge is 2.54. The van der Waals surface area contributed by atoms with Crippen molar-refractivity contribution < 1.29 is 29.5 Å². The Morgan fingerprint density at radius 3 is 2.33 bits per heavy atom. The van der Waals surface area contributed by atoms with Gasteiger partial charge < -0.3 is 10.4 Å². The van der Waals surface area contributed by atoms with Crippen LogP contribution in [0.15, 0.2) is 71.9 Å². The summed E-state index contributed by atoms with van der Waals surface area (Å²) >= 11 is 1.27. The molecule has 3 N–H and O–H groups in total. The van der Waals surface area contributed by atoms with Gasteiger partial charge >= 0.3 is 5.97 Å². The van der Waals surface area contributed by atoms with E-state index in [1.807, 2.05) is 18.2 Å². The van der Waals surface area contributed by atoms with Crippen LogP contribution in [0.2, 0.25) is 0 Å². The van der Waals surface area contributed by atoms with E-state index in [4.69, 9.17) is 0 Å². The second-order valence-electron chi connectivity index (χ2n) is 7.60. The molecule has 0 bridgehead atoms. The Labute approximate surface area is 193 Å². The van der Waals surface area contributed by atoms with E-state index >= 15 is 0 Å². The molecule has 170 valence electrons. The molecule has 33 heavy (non-hydrogen) atoms. The Kier molecular flexibility index (Phi) is 6.47. The predicted octanol–water partition coefficient (Wildman–Crippen LogP) is 1.50. The van der Waals surface area contributed by atoms with Crippen LogP contribution in [0, 0.1) is 0 Å². The van der Waals surface area contributed by atoms with Crippen molar-refractivity contribution in [1.29, 1.82) is 0 Å². The molecule has 4 rings (SSSR count). The van der Waals surface area contributed by atoms with Gasteiger partial charge in [-0.15, -0.1) is 11.8 Å². The first kappa shape index (κ1) is 22.6. The van der Waals surface area contributed by atoms with Gasteiger partial charge in [0, 0.05) is 11.3 Å². The van der Waals surface area contributed by atoms with E-state index in [0.717, 1.165) is 10.5 Å². The maximum Gasteiger partial charge on any atom is 0.352 e. The molecule has 0 aromatic heterocycles. The van der Waals surface area contributed by atoms with Gasteiger partial charge in [0.15, 0.2) is 0 Å². The van der Waals surface area contributed by atoms with Crippen molar-refractivity contribution >= 4 is 35.5 Å². The van der Waals surface area contributed by atoms with Gasteiger partial charge in [0.25, 0.3) is 11.8 Å². The summed E-state index contributed by atoms with van der Waals surface area (Å²) in [7, 11) is 0. The third-order valence-electron chi connectivity index (χ3n) is 5.37. The van der Waals surface area contributed by atoms with Crippen molar-refractivity contribution in [2.45, 2.75) is 17.8 Å². The molecule has 0 unspecified atom stereocenters. The number of rotatable bonds is 7. The molecule has 0 radical (unpaired) electrons. The van der Waals surface area contributed by atoms with Gasteiger partial charge in [-0.25, -0.2) is 9.86 Å². The normalized spacial score (nSPS) is 19.4. The Bertz CT molecular complexity index is 1120. The number of carbonyl (C=O) groups excluding carboxylic acids is 3. The summed E-state index contributed by atoms with van der Waals surface area (Å²) in [4.78, 5) is 50.6. The number of thioether (sulfide) groups is 1. The number of amides is 3. The number of nitrogens with one attached hydrogen (secondary N) is 1. The number of hydrogen-bond donors (Lipinski definition) is 3. The minimum Gasteiger partial charge on any atom is -0.477 e. The number of carbonyl (C=O) groups is 4. The molecular weight excluding hydrogens is 446 g/mol. The molecule has 2 aromatic carbocycles. The fourth-order valence-electron chi connectivity index (χ4n) is 3.79. The zero-order chi connectivity index (χ0) is 23.5. The lowest BCUT2D eigenvalue weighted by Gasteiger charge is -2.49. The number of nitrogens with zero attached hydrogens (tertiary/aromatic N) is 2. The first-order chi connectivity index (χ1) is 15.9. The summed E-state index contributed by atoms with van der Waals surface area (Å²) < 4.78 is 0. The van der Waals surface area contributed by atoms with Crippen LogP contribution in [-0.4, -0.2) is 67.7 Å². The second kappa shape index (κ2) is 9.47. The molecule has 3 amide bonds. The average molecular weight is 468 g/mol.